The predicted octanol–water partition coefficient (Wildman–Crippen LogP) is 1.50. The molecule has 3 heterocycles. The molecule has 2 atom stereocenters. The largest absolute Gasteiger partial charge is 0.434 e. The van der Waals surface area contributed by atoms with Gasteiger partial charge < -0.3 is 9.64 Å². The average molecular weight is 329 g/mol. The number of likely N-dealkylation sites (N-methyl/N-ethyl adjacent to an activating group) is 1. The van der Waals surface area contributed by atoms with Crippen LogP contribution < -0.4 is 0 Å². The van der Waals surface area contributed by atoms with Gasteiger partial charge in [0.05, 0.1) is 24.8 Å². The van der Waals surface area contributed by atoms with Crippen molar-refractivity contribution in [1.29, 1.82) is 0 Å². The van der Waals surface area contributed by atoms with Gasteiger partial charge in [0.1, 0.15) is 0 Å². The maximum absolute atomic E-state index is 13.1. The minimum absolute atomic E-state index is 0.00235. The van der Waals surface area contributed by atoms with E-state index < -0.39 is 17.8 Å². The van der Waals surface area contributed by atoms with E-state index in [-0.39, 0.29) is 17.5 Å². The van der Waals surface area contributed by atoms with E-state index >= 15 is 0 Å². The Labute approximate surface area is 132 Å². The van der Waals surface area contributed by atoms with Gasteiger partial charge in [-0.15, -0.1) is 0 Å². The molecule has 2 aliphatic rings. The molecule has 1 aromatic heterocycles. The Morgan fingerprint density at radius 3 is 2.83 bits per heavy atom. The predicted molar refractivity (Wildman–Crippen MR) is 75.9 cm³/mol. The lowest BCUT2D eigenvalue weighted by Crippen LogP contribution is -2.45. The smallest absolute Gasteiger partial charge is 0.379 e. The molecule has 8 heteroatoms. The zero-order valence-electron chi connectivity index (χ0n) is 12.7. The number of carbonyl (C=O) groups excluding carboxylic acids is 1. The molecule has 1 aromatic rings. The van der Waals surface area contributed by atoms with E-state index in [1.54, 1.807) is 0 Å². The molecule has 23 heavy (non-hydrogen) atoms. The highest BCUT2D eigenvalue weighted by Crippen LogP contribution is 2.31. The van der Waals surface area contributed by atoms with Gasteiger partial charge in [0.25, 0.3) is 5.91 Å². The van der Waals surface area contributed by atoms with Gasteiger partial charge in [0, 0.05) is 31.7 Å². The number of fused-ring (bicyclic) bond motifs is 3. The highest BCUT2D eigenvalue weighted by Gasteiger charge is 2.40. The lowest BCUT2D eigenvalue weighted by Gasteiger charge is -2.30. The molecule has 2 saturated heterocycles. The van der Waals surface area contributed by atoms with Crippen molar-refractivity contribution in [3.05, 3.63) is 29.6 Å². The van der Waals surface area contributed by atoms with E-state index in [1.807, 2.05) is 7.05 Å². The fourth-order valence-corrected chi connectivity index (χ4v) is 3.19. The molecular formula is C15H18F3N3O2. The Balaban J connectivity index is 1.89. The first-order chi connectivity index (χ1) is 10.9. The Hall–Kier alpha value is -1.67. The number of aromatic nitrogens is 1. The van der Waals surface area contributed by atoms with Gasteiger partial charge in [-0.3, -0.25) is 14.7 Å². The summed E-state index contributed by atoms with van der Waals surface area (Å²) in [6.45, 7) is 2.53. The SMILES string of the molecule is CN1C[C@H]2COC[C@@H]1CN(C(=O)c1cccnc1C(F)(F)F)C2. The van der Waals surface area contributed by atoms with E-state index in [9.17, 15) is 18.0 Å². The Morgan fingerprint density at radius 2 is 2.09 bits per heavy atom. The molecule has 0 aliphatic carbocycles. The Bertz CT molecular complexity index is 594. The van der Waals surface area contributed by atoms with Gasteiger partial charge in [0.2, 0.25) is 0 Å². The number of carbonyl (C=O) groups is 1. The van der Waals surface area contributed by atoms with Crippen molar-refractivity contribution in [3.63, 3.8) is 0 Å². The van der Waals surface area contributed by atoms with Crippen LogP contribution in [0.4, 0.5) is 13.2 Å². The molecule has 0 saturated carbocycles. The first-order valence-electron chi connectivity index (χ1n) is 7.45. The third kappa shape index (κ3) is 3.32. The number of halogens is 3. The van der Waals surface area contributed by atoms with Crippen molar-refractivity contribution in [2.45, 2.75) is 12.2 Å². The number of hydrogen-bond donors (Lipinski definition) is 0. The van der Waals surface area contributed by atoms with Crippen molar-refractivity contribution >= 4 is 5.91 Å². The fourth-order valence-electron chi connectivity index (χ4n) is 3.19. The van der Waals surface area contributed by atoms with E-state index in [1.165, 1.54) is 17.0 Å². The molecule has 0 spiro atoms. The quantitative estimate of drug-likeness (QED) is 0.783. The summed E-state index contributed by atoms with van der Waals surface area (Å²) >= 11 is 0. The van der Waals surface area contributed by atoms with Crippen LogP contribution in [0.3, 0.4) is 0 Å². The molecule has 0 unspecified atom stereocenters. The molecule has 2 bridgehead atoms. The summed E-state index contributed by atoms with van der Waals surface area (Å²) < 4.78 is 44.8. The number of ether oxygens (including phenoxy) is 1. The molecule has 0 aromatic carbocycles. The Kier molecular flexibility index (Phi) is 4.29. The van der Waals surface area contributed by atoms with Gasteiger partial charge in [-0.05, 0) is 19.2 Å². The number of nitrogens with zero attached hydrogens (tertiary/aromatic N) is 3. The topological polar surface area (TPSA) is 45.7 Å². The Morgan fingerprint density at radius 1 is 1.30 bits per heavy atom. The zero-order valence-corrected chi connectivity index (χ0v) is 12.7. The van der Waals surface area contributed by atoms with Crippen LogP contribution in [0.1, 0.15) is 16.1 Å². The number of rotatable bonds is 1. The summed E-state index contributed by atoms with van der Waals surface area (Å²) in [5.41, 5.74) is -1.51. The molecule has 2 aliphatic heterocycles. The van der Waals surface area contributed by atoms with Crippen LogP contribution in [0, 0.1) is 5.92 Å². The molecule has 2 fully saturated rings. The highest BCUT2D eigenvalue weighted by molar-refractivity contribution is 5.95. The van der Waals surface area contributed by atoms with Crippen LogP contribution in [0.25, 0.3) is 0 Å². The molecular weight excluding hydrogens is 311 g/mol. The minimum atomic E-state index is -4.64. The van der Waals surface area contributed by atoms with Gasteiger partial charge in [-0.2, -0.15) is 13.2 Å². The van der Waals surface area contributed by atoms with Gasteiger partial charge in [-0.25, -0.2) is 0 Å². The van der Waals surface area contributed by atoms with Crippen molar-refractivity contribution in [2.24, 2.45) is 5.92 Å². The summed E-state index contributed by atoms with van der Waals surface area (Å²) in [6.07, 6.45) is -3.59. The maximum Gasteiger partial charge on any atom is 0.434 e. The average Bonchev–Trinajstić information content (AvgIpc) is 2.74. The lowest BCUT2D eigenvalue weighted by molar-refractivity contribution is -0.141. The first kappa shape index (κ1) is 16.2. The molecule has 5 nitrogen and oxygen atoms in total. The van der Waals surface area contributed by atoms with Crippen molar-refractivity contribution in [1.82, 2.24) is 14.8 Å². The van der Waals surface area contributed by atoms with Crippen LogP contribution in [-0.2, 0) is 10.9 Å². The van der Waals surface area contributed by atoms with Gasteiger partial charge in [0.15, 0.2) is 5.69 Å². The molecule has 1 amide bonds. The van der Waals surface area contributed by atoms with Crippen LogP contribution in [-0.4, -0.2) is 66.6 Å². The second-order valence-electron chi connectivity index (χ2n) is 6.10. The second kappa shape index (κ2) is 6.09. The maximum atomic E-state index is 13.1. The van der Waals surface area contributed by atoms with Gasteiger partial charge >= 0.3 is 6.18 Å². The van der Waals surface area contributed by atoms with Crippen molar-refractivity contribution in [3.8, 4) is 0 Å². The number of pyridine rings is 1. The number of amides is 1. The summed E-state index contributed by atoms with van der Waals surface area (Å²) in [6, 6.07) is 2.55. The first-order valence-corrected chi connectivity index (χ1v) is 7.45. The third-order valence-corrected chi connectivity index (χ3v) is 4.34. The summed E-state index contributed by atoms with van der Waals surface area (Å²) in [5.74, 6) is -0.514. The summed E-state index contributed by atoms with van der Waals surface area (Å²) in [7, 11) is 1.95. The van der Waals surface area contributed by atoms with E-state index in [0.29, 0.717) is 26.3 Å². The lowest BCUT2D eigenvalue weighted by atomic mass is 10.1. The monoisotopic (exact) mass is 329 g/mol. The van der Waals surface area contributed by atoms with Crippen LogP contribution in [0.15, 0.2) is 18.3 Å². The molecule has 126 valence electrons. The number of alkyl halides is 3. The van der Waals surface area contributed by atoms with Crippen molar-refractivity contribution in [2.75, 3.05) is 39.9 Å². The van der Waals surface area contributed by atoms with E-state index in [4.69, 9.17) is 4.74 Å². The van der Waals surface area contributed by atoms with Crippen LogP contribution >= 0.6 is 0 Å². The van der Waals surface area contributed by atoms with E-state index in [2.05, 4.69) is 9.88 Å². The molecule has 0 radical (unpaired) electrons. The summed E-state index contributed by atoms with van der Waals surface area (Å²) in [5, 5.41) is 0. The fraction of sp³-hybridized carbons (Fsp3) is 0.600. The molecule has 0 N–H and O–H groups in total. The highest BCUT2D eigenvalue weighted by atomic mass is 19.4. The second-order valence-corrected chi connectivity index (χ2v) is 6.10. The normalized spacial score (nSPS) is 26.0. The summed E-state index contributed by atoms with van der Waals surface area (Å²) in [4.78, 5) is 19.7. The minimum Gasteiger partial charge on any atom is -0.379 e. The van der Waals surface area contributed by atoms with E-state index in [0.717, 1.165) is 12.7 Å². The number of hydrogen-bond acceptors (Lipinski definition) is 4. The third-order valence-electron chi connectivity index (χ3n) is 4.34. The van der Waals surface area contributed by atoms with Crippen LogP contribution in [0.5, 0.6) is 0 Å². The van der Waals surface area contributed by atoms with Gasteiger partial charge in [-0.1, -0.05) is 0 Å². The molecule has 3 rings (SSSR count). The van der Waals surface area contributed by atoms with Crippen molar-refractivity contribution < 1.29 is 22.7 Å². The van der Waals surface area contributed by atoms with Crippen LogP contribution in [0.2, 0.25) is 0 Å². The standard InChI is InChI=1S/C15H18F3N3O2/c1-20-5-10-6-21(7-11(20)9-23-8-10)14(22)12-3-2-4-19-13(12)15(16,17)18/h2-4,10-11H,5-9H2,1H3/t10-,11+/m1/s1. The zero-order chi connectivity index (χ0) is 16.6.